The normalized spacial score (nSPS) is 27.5. The first-order chi connectivity index (χ1) is 6.27. The Labute approximate surface area is 82.5 Å². The highest BCUT2D eigenvalue weighted by Crippen LogP contribution is 2.18. The van der Waals surface area contributed by atoms with Crippen molar-refractivity contribution in [2.75, 3.05) is 19.6 Å². The smallest absolute Gasteiger partial charge is 0.00670 e. The standard InChI is InChI=1S/C11H24N2/c1-3-11(8-12)9-13-7-5-4-6-10(13)2/h10-11H,3-9,12H2,1-2H3. The fourth-order valence-corrected chi connectivity index (χ4v) is 2.13. The van der Waals surface area contributed by atoms with Crippen LogP contribution in [0, 0.1) is 5.92 Å². The van der Waals surface area contributed by atoms with Crippen molar-refractivity contribution in [1.82, 2.24) is 4.90 Å². The predicted octanol–water partition coefficient (Wildman–Crippen LogP) is 1.85. The summed E-state index contributed by atoms with van der Waals surface area (Å²) in [6, 6.07) is 0.786. The fourth-order valence-electron chi connectivity index (χ4n) is 2.13. The van der Waals surface area contributed by atoms with Gasteiger partial charge >= 0.3 is 0 Å². The first-order valence-electron chi connectivity index (χ1n) is 5.72. The molecule has 0 aromatic rings. The number of nitrogens with two attached hydrogens (primary N) is 1. The minimum atomic E-state index is 0.709. The summed E-state index contributed by atoms with van der Waals surface area (Å²) < 4.78 is 0. The summed E-state index contributed by atoms with van der Waals surface area (Å²) in [5.74, 6) is 0.709. The third-order valence-corrected chi connectivity index (χ3v) is 3.34. The van der Waals surface area contributed by atoms with Crippen LogP contribution in [0.1, 0.15) is 39.5 Å². The molecule has 1 aliphatic heterocycles. The van der Waals surface area contributed by atoms with E-state index in [1.54, 1.807) is 0 Å². The van der Waals surface area contributed by atoms with Gasteiger partial charge in [0, 0.05) is 12.6 Å². The maximum atomic E-state index is 5.72. The number of hydrogen-bond acceptors (Lipinski definition) is 2. The van der Waals surface area contributed by atoms with E-state index in [0.717, 1.165) is 12.6 Å². The minimum absolute atomic E-state index is 0.709. The number of hydrogen-bond donors (Lipinski definition) is 1. The van der Waals surface area contributed by atoms with Gasteiger partial charge in [0.15, 0.2) is 0 Å². The van der Waals surface area contributed by atoms with Crippen molar-refractivity contribution in [1.29, 1.82) is 0 Å². The molecule has 2 unspecified atom stereocenters. The number of piperidine rings is 1. The molecular weight excluding hydrogens is 160 g/mol. The van der Waals surface area contributed by atoms with Crippen LogP contribution in [0.3, 0.4) is 0 Å². The molecule has 2 atom stereocenters. The lowest BCUT2D eigenvalue weighted by atomic mass is 10.00. The Morgan fingerprint density at radius 1 is 1.46 bits per heavy atom. The van der Waals surface area contributed by atoms with E-state index in [0.29, 0.717) is 5.92 Å². The lowest BCUT2D eigenvalue weighted by Crippen LogP contribution is -2.41. The molecule has 2 N–H and O–H groups in total. The zero-order chi connectivity index (χ0) is 9.68. The van der Waals surface area contributed by atoms with Gasteiger partial charge in [0.1, 0.15) is 0 Å². The van der Waals surface area contributed by atoms with Crippen LogP contribution in [0.4, 0.5) is 0 Å². The molecule has 1 saturated heterocycles. The Bertz CT molecular complexity index is 132. The van der Waals surface area contributed by atoms with Crippen molar-refractivity contribution < 1.29 is 0 Å². The Morgan fingerprint density at radius 2 is 2.23 bits per heavy atom. The summed E-state index contributed by atoms with van der Waals surface area (Å²) in [6.45, 7) is 7.94. The second-order valence-electron chi connectivity index (χ2n) is 4.35. The molecule has 0 aromatic carbocycles. The van der Waals surface area contributed by atoms with E-state index < -0.39 is 0 Å². The maximum absolute atomic E-state index is 5.72. The Morgan fingerprint density at radius 3 is 2.77 bits per heavy atom. The highest BCUT2D eigenvalue weighted by Gasteiger charge is 2.20. The number of nitrogens with zero attached hydrogens (tertiary/aromatic N) is 1. The second-order valence-corrected chi connectivity index (χ2v) is 4.35. The van der Waals surface area contributed by atoms with Gasteiger partial charge < -0.3 is 10.6 Å². The zero-order valence-electron chi connectivity index (χ0n) is 9.13. The van der Waals surface area contributed by atoms with Crippen molar-refractivity contribution in [2.24, 2.45) is 11.7 Å². The molecular formula is C11H24N2. The predicted molar refractivity (Wildman–Crippen MR) is 57.7 cm³/mol. The molecule has 1 heterocycles. The summed E-state index contributed by atoms with van der Waals surface area (Å²) in [5, 5.41) is 0. The van der Waals surface area contributed by atoms with Gasteiger partial charge in [-0.15, -0.1) is 0 Å². The highest BCUT2D eigenvalue weighted by molar-refractivity contribution is 4.75. The van der Waals surface area contributed by atoms with E-state index in [-0.39, 0.29) is 0 Å². The molecule has 0 aromatic heterocycles. The fraction of sp³-hybridized carbons (Fsp3) is 1.00. The van der Waals surface area contributed by atoms with Crippen molar-refractivity contribution in [3.63, 3.8) is 0 Å². The lowest BCUT2D eigenvalue weighted by molar-refractivity contribution is 0.136. The first kappa shape index (κ1) is 11.0. The van der Waals surface area contributed by atoms with E-state index in [1.807, 2.05) is 0 Å². The Hall–Kier alpha value is -0.0800. The molecule has 2 heteroatoms. The van der Waals surface area contributed by atoms with Crippen LogP contribution in [-0.2, 0) is 0 Å². The average Bonchev–Trinajstić information content (AvgIpc) is 2.17. The van der Waals surface area contributed by atoms with Crippen LogP contribution in [0.2, 0.25) is 0 Å². The summed E-state index contributed by atoms with van der Waals surface area (Å²) in [4.78, 5) is 2.62. The van der Waals surface area contributed by atoms with Crippen LogP contribution < -0.4 is 5.73 Å². The minimum Gasteiger partial charge on any atom is -0.330 e. The third kappa shape index (κ3) is 3.28. The van der Waals surface area contributed by atoms with Crippen LogP contribution in [0.25, 0.3) is 0 Å². The molecule has 13 heavy (non-hydrogen) atoms. The average molecular weight is 184 g/mol. The molecule has 0 bridgehead atoms. The lowest BCUT2D eigenvalue weighted by Gasteiger charge is -2.35. The van der Waals surface area contributed by atoms with Crippen LogP contribution in [0.15, 0.2) is 0 Å². The van der Waals surface area contributed by atoms with Gasteiger partial charge in [-0.25, -0.2) is 0 Å². The largest absolute Gasteiger partial charge is 0.330 e. The molecule has 0 spiro atoms. The van der Waals surface area contributed by atoms with Crippen LogP contribution in [0.5, 0.6) is 0 Å². The SMILES string of the molecule is CCC(CN)CN1CCCCC1C. The van der Waals surface area contributed by atoms with Crippen molar-refractivity contribution in [3.05, 3.63) is 0 Å². The number of likely N-dealkylation sites (tertiary alicyclic amines) is 1. The van der Waals surface area contributed by atoms with Gasteiger partial charge in [-0.2, -0.15) is 0 Å². The van der Waals surface area contributed by atoms with Gasteiger partial charge in [0.05, 0.1) is 0 Å². The molecule has 78 valence electrons. The number of rotatable bonds is 4. The first-order valence-corrected chi connectivity index (χ1v) is 5.72. The van der Waals surface area contributed by atoms with Crippen molar-refractivity contribution >= 4 is 0 Å². The van der Waals surface area contributed by atoms with Gasteiger partial charge in [-0.1, -0.05) is 19.8 Å². The van der Waals surface area contributed by atoms with Crippen LogP contribution >= 0.6 is 0 Å². The quantitative estimate of drug-likeness (QED) is 0.722. The molecule has 2 nitrogen and oxygen atoms in total. The summed E-state index contributed by atoms with van der Waals surface area (Å²) in [6.07, 6.45) is 5.39. The van der Waals surface area contributed by atoms with E-state index in [2.05, 4.69) is 18.7 Å². The maximum Gasteiger partial charge on any atom is 0.00670 e. The molecule has 1 fully saturated rings. The molecule has 0 amide bonds. The summed E-state index contributed by atoms with van der Waals surface area (Å²) in [7, 11) is 0. The van der Waals surface area contributed by atoms with Gasteiger partial charge in [0.2, 0.25) is 0 Å². The molecule has 0 saturated carbocycles. The summed E-state index contributed by atoms with van der Waals surface area (Å²) >= 11 is 0. The molecule has 0 aliphatic carbocycles. The molecule has 0 radical (unpaired) electrons. The molecule has 1 aliphatic rings. The van der Waals surface area contributed by atoms with Gasteiger partial charge in [0.25, 0.3) is 0 Å². The molecule has 1 rings (SSSR count). The van der Waals surface area contributed by atoms with Crippen molar-refractivity contribution in [2.45, 2.75) is 45.6 Å². The topological polar surface area (TPSA) is 29.3 Å². The Kier molecular flexibility index (Phi) is 4.74. The Balaban J connectivity index is 2.32. The summed E-state index contributed by atoms with van der Waals surface area (Å²) in [5.41, 5.74) is 5.72. The van der Waals surface area contributed by atoms with Gasteiger partial charge in [-0.05, 0) is 38.8 Å². The third-order valence-electron chi connectivity index (χ3n) is 3.34. The van der Waals surface area contributed by atoms with Gasteiger partial charge in [-0.3, -0.25) is 0 Å². The van der Waals surface area contributed by atoms with Crippen LogP contribution in [-0.4, -0.2) is 30.6 Å². The van der Waals surface area contributed by atoms with E-state index in [9.17, 15) is 0 Å². The monoisotopic (exact) mass is 184 g/mol. The van der Waals surface area contributed by atoms with E-state index in [4.69, 9.17) is 5.73 Å². The van der Waals surface area contributed by atoms with E-state index >= 15 is 0 Å². The van der Waals surface area contributed by atoms with E-state index in [1.165, 1.54) is 38.8 Å². The highest BCUT2D eigenvalue weighted by atomic mass is 15.2. The second kappa shape index (κ2) is 5.61. The van der Waals surface area contributed by atoms with Crippen molar-refractivity contribution in [3.8, 4) is 0 Å². The zero-order valence-corrected chi connectivity index (χ0v) is 9.13.